The van der Waals surface area contributed by atoms with E-state index >= 15 is 0 Å². The van der Waals surface area contributed by atoms with Gasteiger partial charge in [0.05, 0.1) is 23.0 Å². The molecule has 0 bridgehead atoms. The van der Waals surface area contributed by atoms with Crippen LogP contribution in [0.4, 0.5) is 11.4 Å². The average Bonchev–Trinajstić information content (AvgIpc) is 2.79. The lowest BCUT2D eigenvalue weighted by Gasteiger charge is -2.37. The van der Waals surface area contributed by atoms with Crippen LogP contribution in [0, 0.1) is 0 Å². The quantitative estimate of drug-likeness (QED) is 0.605. The van der Waals surface area contributed by atoms with E-state index in [2.05, 4.69) is 31.5 Å². The van der Waals surface area contributed by atoms with Gasteiger partial charge in [0.15, 0.2) is 5.11 Å². The third kappa shape index (κ3) is 5.74. The first-order valence-corrected chi connectivity index (χ1v) is 11.2. The maximum Gasteiger partial charge on any atom is 0.257 e. The topological polar surface area (TPSA) is 73.9 Å². The fourth-order valence-corrected chi connectivity index (χ4v) is 4.16. The number of rotatable bonds is 5. The van der Waals surface area contributed by atoms with E-state index in [1.165, 1.54) is 0 Å². The van der Waals surface area contributed by atoms with Gasteiger partial charge in [-0.15, -0.1) is 0 Å². The number of para-hydroxylation sites is 2. The van der Waals surface area contributed by atoms with Crippen molar-refractivity contribution in [3.05, 3.63) is 52.5 Å². The molecule has 0 unspecified atom stereocenters. The number of hydrogen-bond acceptors (Lipinski definition) is 5. The summed E-state index contributed by atoms with van der Waals surface area (Å²) in [4.78, 5) is 28.6. The number of benzene rings is 2. The number of halogens is 1. The Morgan fingerprint density at radius 3 is 2.48 bits per heavy atom. The van der Waals surface area contributed by atoms with Crippen LogP contribution in [0.25, 0.3) is 0 Å². The highest BCUT2D eigenvalue weighted by Gasteiger charge is 2.22. The lowest BCUT2D eigenvalue weighted by molar-refractivity contribution is -0.131. The van der Waals surface area contributed by atoms with Gasteiger partial charge in [0, 0.05) is 38.2 Å². The van der Waals surface area contributed by atoms with Gasteiger partial charge in [0.2, 0.25) is 5.91 Å². The first-order valence-electron chi connectivity index (χ1n) is 10.0. The standard InChI is InChI=1S/C22H25BrN4O3S/c1-3-20(28)27-12-10-26(11-13-27)18-7-5-4-6-17(18)24-22(31)25-21(29)15-8-9-19(30-2)16(23)14-15/h4-9,14H,3,10-13H2,1-2H3,(H2,24,25,29,31). The molecule has 1 aliphatic heterocycles. The van der Waals surface area contributed by atoms with Gasteiger partial charge in [-0.2, -0.15) is 0 Å². The summed E-state index contributed by atoms with van der Waals surface area (Å²) in [7, 11) is 1.57. The molecule has 3 rings (SSSR count). The normalized spacial score (nSPS) is 13.5. The number of ether oxygens (including phenoxy) is 1. The maximum atomic E-state index is 12.6. The molecule has 0 atom stereocenters. The molecule has 2 aromatic rings. The molecule has 2 N–H and O–H groups in total. The number of nitrogens with zero attached hydrogens (tertiary/aromatic N) is 2. The van der Waals surface area contributed by atoms with Gasteiger partial charge in [-0.25, -0.2) is 0 Å². The Balaban J connectivity index is 1.64. The van der Waals surface area contributed by atoms with Crippen molar-refractivity contribution in [2.75, 3.05) is 43.5 Å². The molecular weight excluding hydrogens is 480 g/mol. The Morgan fingerprint density at radius 1 is 1.13 bits per heavy atom. The number of thiocarbonyl (C=S) groups is 1. The lowest BCUT2D eigenvalue weighted by atomic mass is 10.2. The van der Waals surface area contributed by atoms with Crippen LogP contribution in [-0.4, -0.2) is 55.1 Å². The molecule has 2 aromatic carbocycles. The minimum absolute atomic E-state index is 0.181. The Labute approximate surface area is 195 Å². The monoisotopic (exact) mass is 504 g/mol. The van der Waals surface area contributed by atoms with Crippen LogP contribution in [-0.2, 0) is 4.79 Å². The van der Waals surface area contributed by atoms with E-state index < -0.39 is 0 Å². The molecule has 0 spiro atoms. The summed E-state index contributed by atoms with van der Waals surface area (Å²) in [5.74, 6) is 0.511. The fourth-order valence-electron chi connectivity index (χ4n) is 3.41. The molecule has 0 aromatic heterocycles. The summed E-state index contributed by atoms with van der Waals surface area (Å²) < 4.78 is 5.88. The van der Waals surface area contributed by atoms with E-state index in [4.69, 9.17) is 17.0 Å². The largest absolute Gasteiger partial charge is 0.496 e. The third-order valence-electron chi connectivity index (χ3n) is 5.07. The molecule has 9 heteroatoms. The first kappa shape index (κ1) is 23.0. The molecule has 2 amide bonds. The van der Waals surface area contributed by atoms with Crippen LogP contribution in [0.2, 0.25) is 0 Å². The summed E-state index contributed by atoms with van der Waals surface area (Å²) in [5, 5.41) is 6.06. The van der Waals surface area contributed by atoms with Crippen LogP contribution < -0.4 is 20.3 Å². The zero-order valence-corrected chi connectivity index (χ0v) is 19.9. The number of anilines is 2. The van der Waals surface area contributed by atoms with Gasteiger partial charge in [0.1, 0.15) is 5.75 Å². The van der Waals surface area contributed by atoms with E-state index in [9.17, 15) is 9.59 Å². The zero-order valence-electron chi connectivity index (χ0n) is 17.5. The first-order chi connectivity index (χ1) is 14.9. The van der Waals surface area contributed by atoms with Gasteiger partial charge in [-0.3, -0.25) is 14.9 Å². The highest BCUT2D eigenvalue weighted by molar-refractivity contribution is 9.10. The van der Waals surface area contributed by atoms with Crippen LogP contribution in [0.3, 0.4) is 0 Å². The van der Waals surface area contributed by atoms with Crippen LogP contribution in [0.1, 0.15) is 23.7 Å². The second-order valence-corrected chi connectivity index (χ2v) is 8.26. The van der Waals surface area contributed by atoms with E-state index in [0.717, 1.165) is 24.5 Å². The van der Waals surface area contributed by atoms with Crippen molar-refractivity contribution in [3.63, 3.8) is 0 Å². The predicted molar refractivity (Wildman–Crippen MR) is 130 cm³/mol. The summed E-state index contributed by atoms with van der Waals surface area (Å²) >= 11 is 8.76. The molecule has 0 radical (unpaired) electrons. The fraction of sp³-hybridized carbons (Fsp3) is 0.318. The molecule has 1 heterocycles. The summed E-state index contributed by atoms with van der Waals surface area (Å²) in [6.07, 6.45) is 0.525. The minimum atomic E-state index is -0.315. The summed E-state index contributed by atoms with van der Waals surface area (Å²) in [5.41, 5.74) is 2.25. The van der Waals surface area contributed by atoms with Gasteiger partial charge in [-0.05, 0) is 58.5 Å². The van der Waals surface area contributed by atoms with Crippen molar-refractivity contribution in [2.45, 2.75) is 13.3 Å². The number of nitrogens with one attached hydrogen (secondary N) is 2. The lowest BCUT2D eigenvalue weighted by Crippen LogP contribution is -2.48. The second kappa shape index (κ2) is 10.6. The number of methoxy groups -OCH3 is 1. The van der Waals surface area contributed by atoms with Crippen molar-refractivity contribution in [2.24, 2.45) is 0 Å². The highest BCUT2D eigenvalue weighted by atomic mass is 79.9. The molecule has 1 fully saturated rings. The predicted octanol–water partition coefficient (Wildman–Crippen LogP) is 3.64. The van der Waals surface area contributed by atoms with Gasteiger partial charge < -0.3 is 19.9 Å². The Bertz CT molecular complexity index is 977. The van der Waals surface area contributed by atoms with Crippen molar-refractivity contribution < 1.29 is 14.3 Å². The number of carbonyl (C=O) groups is 2. The molecule has 1 saturated heterocycles. The molecule has 0 aliphatic carbocycles. The third-order valence-corrected chi connectivity index (χ3v) is 5.89. The SMILES string of the molecule is CCC(=O)N1CCN(c2ccccc2NC(=S)NC(=O)c2ccc(OC)c(Br)c2)CC1. The molecular formula is C22H25BrN4O3S. The maximum absolute atomic E-state index is 12.6. The van der Waals surface area contributed by atoms with E-state index in [0.29, 0.717) is 35.3 Å². The van der Waals surface area contributed by atoms with E-state index in [1.807, 2.05) is 36.1 Å². The number of piperazine rings is 1. The molecule has 164 valence electrons. The highest BCUT2D eigenvalue weighted by Crippen LogP contribution is 2.27. The average molecular weight is 505 g/mol. The molecule has 7 nitrogen and oxygen atoms in total. The number of carbonyl (C=O) groups excluding carboxylic acids is 2. The van der Waals surface area contributed by atoms with Gasteiger partial charge in [-0.1, -0.05) is 19.1 Å². The Kier molecular flexibility index (Phi) is 7.86. The minimum Gasteiger partial charge on any atom is -0.496 e. The van der Waals surface area contributed by atoms with Crippen molar-refractivity contribution >= 4 is 56.4 Å². The number of hydrogen-bond donors (Lipinski definition) is 2. The van der Waals surface area contributed by atoms with E-state index in [-0.39, 0.29) is 16.9 Å². The molecule has 31 heavy (non-hydrogen) atoms. The number of amides is 2. The summed E-state index contributed by atoms with van der Waals surface area (Å²) in [6.45, 7) is 4.74. The summed E-state index contributed by atoms with van der Waals surface area (Å²) in [6, 6.07) is 12.9. The van der Waals surface area contributed by atoms with Crippen molar-refractivity contribution in [1.82, 2.24) is 10.2 Å². The van der Waals surface area contributed by atoms with Gasteiger partial charge in [0.25, 0.3) is 5.91 Å². The molecule has 0 saturated carbocycles. The second-order valence-electron chi connectivity index (χ2n) is 7.00. The van der Waals surface area contributed by atoms with Crippen molar-refractivity contribution in [1.29, 1.82) is 0 Å². The Hall–Kier alpha value is -2.65. The van der Waals surface area contributed by atoms with Crippen molar-refractivity contribution in [3.8, 4) is 5.75 Å². The van der Waals surface area contributed by atoms with Crippen LogP contribution in [0.5, 0.6) is 5.75 Å². The van der Waals surface area contributed by atoms with Crippen LogP contribution in [0.15, 0.2) is 46.9 Å². The van der Waals surface area contributed by atoms with E-state index in [1.54, 1.807) is 25.3 Å². The molecule has 1 aliphatic rings. The zero-order chi connectivity index (χ0) is 22.4. The van der Waals surface area contributed by atoms with Crippen LogP contribution >= 0.6 is 28.1 Å². The Morgan fingerprint density at radius 2 is 1.84 bits per heavy atom. The smallest absolute Gasteiger partial charge is 0.257 e. The van der Waals surface area contributed by atoms with Gasteiger partial charge >= 0.3 is 0 Å².